The summed E-state index contributed by atoms with van der Waals surface area (Å²) in [5.41, 5.74) is 8.40. The highest BCUT2D eigenvalue weighted by atomic mass is 14.5. The molecule has 0 spiro atoms. The summed E-state index contributed by atoms with van der Waals surface area (Å²) in [6, 6.07) is 21.6. The molecule has 0 saturated heterocycles. The molecule has 0 atom stereocenters. The molecule has 0 heterocycles. The second-order valence-corrected chi connectivity index (χ2v) is 5.01. The van der Waals surface area contributed by atoms with Crippen LogP contribution in [-0.4, -0.2) is 6.54 Å². The molecule has 2 aromatic rings. The van der Waals surface area contributed by atoms with Gasteiger partial charge in [-0.25, -0.2) is 0 Å². The lowest BCUT2D eigenvalue weighted by Crippen LogP contribution is -2.02. The fraction of sp³-hybridized carbons (Fsp3) is 0.333. The summed E-state index contributed by atoms with van der Waals surface area (Å²) < 4.78 is 0. The van der Waals surface area contributed by atoms with Crippen molar-refractivity contribution in [3.05, 3.63) is 71.8 Å². The van der Waals surface area contributed by atoms with E-state index in [4.69, 9.17) is 5.73 Å². The van der Waals surface area contributed by atoms with Crippen LogP contribution in [0.15, 0.2) is 60.7 Å². The topological polar surface area (TPSA) is 26.0 Å². The molecule has 0 fully saturated rings. The second kappa shape index (κ2) is 7.75. The van der Waals surface area contributed by atoms with Crippen molar-refractivity contribution in [2.45, 2.75) is 31.6 Å². The zero-order valence-corrected chi connectivity index (χ0v) is 11.5. The van der Waals surface area contributed by atoms with Gasteiger partial charge in [-0.15, -0.1) is 0 Å². The number of hydrogen-bond donors (Lipinski definition) is 1. The first-order valence-electron chi connectivity index (χ1n) is 7.22. The first kappa shape index (κ1) is 13.8. The Bertz CT molecular complexity index is 410. The Hall–Kier alpha value is -1.60. The molecule has 19 heavy (non-hydrogen) atoms. The maximum atomic E-state index is 5.57. The lowest BCUT2D eigenvalue weighted by atomic mass is 9.87. The van der Waals surface area contributed by atoms with E-state index in [1.54, 1.807) is 0 Å². The Morgan fingerprint density at radius 3 is 1.68 bits per heavy atom. The highest BCUT2D eigenvalue weighted by Crippen LogP contribution is 2.29. The zero-order valence-electron chi connectivity index (χ0n) is 11.5. The Morgan fingerprint density at radius 2 is 1.21 bits per heavy atom. The average molecular weight is 253 g/mol. The number of benzene rings is 2. The molecule has 0 bridgehead atoms. The molecular weight excluding hydrogens is 230 g/mol. The van der Waals surface area contributed by atoms with Gasteiger partial charge in [0, 0.05) is 5.92 Å². The van der Waals surface area contributed by atoms with Gasteiger partial charge in [-0.3, -0.25) is 0 Å². The third-order valence-electron chi connectivity index (χ3n) is 3.60. The first-order valence-corrected chi connectivity index (χ1v) is 7.22. The van der Waals surface area contributed by atoms with Crippen LogP contribution in [0, 0.1) is 0 Å². The van der Waals surface area contributed by atoms with Crippen LogP contribution in [0.1, 0.15) is 42.7 Å². The summed E-state index contributed by atoms with van der Waals surface area (Å²) in [4.78, 5) is 0. The number of unbranched alkanes of at least 4 members (excludes halogenated alkanes) is 2. The van der Waals surface area contributed by atoms with E-state index in [-0.39, 0.29) is 0 Å². The minimum atomic E-state index is 0.514. The van der Waals surface area contributed by atoms with Crippen molar-refractivity contribution >= 4 is 0 Å². The maximum absolute atomic E-state index is 5.57. The number of nitrogens with two attached hydrogens (primary N) is 1. The summed E-state index contributed by atoms with van der Waals surface area (Å²) in [7, 11) is 0. The molecule has 0 unspecified atom stereocenters. The molecule has 0 aliphatic rings. The van der Waals surface area contributed by atoms with Gasteiger partial charge in [0.05, 0.1) is 0 Å². The van der Waals surface area contributed by atoms with Crippen molar-refractivity contribution in [2.24, 2.45) is 5.73 Å². The Balaban J connectivity index is 2.10. The largest absolute Gasteiger partial charge is 0.330 e. The first-order chi connectivity index (χ1) is 9.42. The smallest absolute Gasteiger partial charge is 0.00893 e. The van der Waals surface area contributed by atoms with Crippen LogP contribution < -0.4 is 5.73 Å². The number of hydrogen-bond acceptors (Lipinski definition) is 1. The van der Waals surface area contributed by atoms with Crippen molar-refractivity contribution < 1.29 is 0 Å². The van der Waals surface area contributed by atoms with Crippen LogP contribution in [0.25, 0.3) is 0 Å². The van der Waals surface area contributed by atoms with Gasteiger partial charge in [-0.05, 0) is 30.5 Å². The summed E-state index contributed by atoms with van der Waals surface area (Å²) in [5, 5.41) is 0. The van der Waals surface area contributed by atoms with E-state index in [0.29, 0.717) is 5.92 Å². The quantitative estimate of drug-likeness (QED) is 0.730. The van der Waals surface area contributed by atoms with Gasteiger partial charge in [0.1, 0.15) is 0 Å². The highest BCUT2D eigenvalue weighted by Gasteiger charge is 2.12. The van der Waals surface area contributed by atoms with E-state index in [1.165, 1.54) is 30.4 Å². The molecule has 1 nitrogen and oxygen atoms in total. The maximum Gasteiger partial charge on any atom is 0.00893 e. The fourth-order valence-electron chi connectivity index (χ4n) is 2.57. The van der Waals surface area contributed by atoms with Gasteiger partial charge in [0.25, 0.3) is 0 Å². The van der Waals surface area contributed by atoms with Crippen LogP contribution in [0.5, 0.6) is 0 Å². The minimum absolute atomic E-state index is 0.514. The van der Waals surface area contributed by atoms with Crippen LogP contribution >= 0.6 is 0 Å². The predicted molar refractivity (Wildman–Crippen MR) is 82.2 cm³/mol. The summed E-state index contributed by atoms with van der Waals surface area (Å²) in [6.45, 7) is 0.807. The van der Waals surface area contributed by atoms with E-state index in [2.05, 4.69) is 60.7 Å². The molecular formula is C18H23N. The third-order valence-corrected chi connectivity index (χ3v) is 3.60. The van der Waals surface area contributed by atoms with E-state index >= 15 is 0 Å². The van der Waals surface area contributed by atoms with Gasteiger partial charge in [-0.1, -0.05) is 73.5 Å². The Kier molecular flexibility index (Phi) is 5.64. The molecule has 0 aromatic heterocycles. The van der Waals surface area contributed by atoms with Crippen LogP contribution in [0.2, 0.25) is 0 Å². The standard InChI is InChI=1S/C18H23N/c19-15-9-3-8-14-18(16-10-4-1-5-11-16)17-12-6-2-7-13-17/h1-2,4-7,10-13,18H,3,8-9,14-15,19H2. The summed E-state index contributed by atoms with van der Waals surface area (Å²) >= 11 is 0. The van der Waals surface area contributed by atoms with Crippen LogP contribution in [0.4, 0.5) is 0 Å². The lowest BCUT2D eigenvalue weighted by molar-refractivity contribution is 0.606. The SMILES string of the molecule is NCCCCCC(c1ccccc1)c1ccccc1. The molecule has 0 radical (unpaired) electrons. The monoisotopic (exact) mass is 253 g/mol. The molecule has 1 heteroatoms. The van der Waals surface area contributed by atoms with Crippen molar-refractivity contribution in [1.29, 1.82) is 0 Å². The van der Waals surface area contributed by atoms with Crippen LogP contribution in [0.3, 0.4) is 0 Å². The summed E-state index contributed by atoms with van der Waals surface area (Å²) in [6.07, 6.45) is 4.81. The Morgan fingerprint density at radius 1 is 0.684 bits per heavy atom. The van der Waals surface area contributed by atoms with E-state index in [9.17, 15) is 0 Å². The lowest BCUT2D eigenvalue weighted by Gasteiger charge is -2.18. The van der Waals surface area contributed by atoms with E-state index in [1.807, 2.05) is 0 Å². The molecule has 0 aliphatic carbocycles. The van der Waals surface area contributed by atoms with Crippen molar-refractivity contribution in [3.8, 4) is 0 Å². The Labute approximate surface area is 116 Å². The highest BCUT2D eigenvalue weighted by molar-refractivity contribution is 5.32. The van der Waals surface area contributed by atoms with Gasteiger partial charge in [-0.2, -0.15) is 0 Å². The zero-order chi connectivity index (χ0) is 13.3. The van der Waals surface area contributed by atoms with Gasteiger partial charge < -0.3 is 5.73 Å². The minimum Gasteiger partial charge on any atom is -0.330 e. The molecule has 2 aromatic carbocycles. The molecule has 100 valence electrons. The molecule has 0 saturated carbocycles. The fourth-order valence-corrected chi connectivity index (χ4v) is 2.57. The molecule has 2 rings (SSSR count). The third kappa shape index (κ3) is 4.22. The van der Waals surface area contributed by atoms with Crippen molar-refractivity contribution in [3.63, 3.8) is 0 Å². The molecule has 2 N–H and O–H groups in total. The van der Waals surface area contributed by atoms with Crippen molar-refractivity contribution in [2.75, 3.05) is 6.54 Å². The van der Waals surface area contributed by atoms with Gasteiger partial charge in [0.2, 0.25) is 0 Å². The van der Waals surface area contributed by atoms with E-state index in [0.717, 1.165) is 13.0 Å². The normalized spacial score (nSPS) is 10.8. The summed E-state index contributed by atoms with van der Waals surface area (Å²) in [5.74, 6) is 0.514. The average Bonchev–Trinajstić information content (AvgIpc) is 2.49. The number of rotatable bonds is 7. The van der Waals surface area contributed by atoms with Crippen molar-refractivity contribution in [1.82, 2.24) is 0 Å². The van der Waals surface area contributed by atoms with Crippen LogP contribution in [-0.2, 0) is 0 Å². The molecule has 0 aliphatic heterocycles. The second-order valence-electron chi connectivity index (χ2n) is 5.01. The van der Waals surface area contributed by atoms with Gasteiger partial charge >= 0.3 is 0 Å². The molecule has 0 amide bonds. The van der Waals surface area contributed by atoms with E-state index < -0.39 is 0 Å². The van der Waals surface area contributed by atoms with Gasteiger partial charge in [0.15, 0.2) is 0 Å². The predicted octanol–water partition coefficient (Wildman–Crippen LogP) is 4.34.